The first-order valence-electron chi connectivity index (χ1n) is 6.39. The van der Waals surface area contributed by atoms with Crippen LogP contribution in [0.2, 0.25) is 0 Å². The molecule has 2 unspecified atom stereocenters. The highest BCUT2D eigenvalue weighted by atomic mass is 32.2. The maximum Gasteiger partial charge on any atom is 0.123 e. The molecule has 2 atom stereocenters. The van der Waals surface area contributed by atoms with Crippen molar-refractivity contribution >= 4 is 10.8 Å². The summed E-state index contributed by atoms with van der Waals surface area (Å²) in [7, 11) is 0.869. The first-order chi connectivity index (χ1) is 8.63. The topological polar surface area (TPSA) is 38.3 Å². The normalized spacial score (nSPS) is 24.2. The molecule has 3 nitrogen and oxygen atoms in total. The third kappa shape index (κ3) is 2.75. The second kappa shape index (κ2) is 5.85. The van der Waals surface area contributed by atoms with E-state index in [9.17, 15) is 4.21 Å². The SMILES string of the molecule is COc1ccc(C(C)C)cc1C1CNCCS1=O. The summed E-state index contributed by atoms with van der Waals surface area (Å²) in [4.78, 5) is 0. The quantitative estimate of drug-likeness (QED) is 0.912. The van der Waals surface area contributed by atoms with Crippen LogP contribution in [0.5, 0.6) is 5.75 Å². The molecule has 1 heterocycles. The van der Waals surface area contributed by atoms with Crippen LogP contribution >= 0.6 is 0 Å². The number of nitrogens with one attached hydrogen (secondary N) is 1. The molecule has 2 rings (SSSR count). The number of ether oxygens (including phenoxy) is 1. The highest BCUT2D eigenvalue weighted by molar-refractivity contribution is 7.85. The Labute approximate surface area is 111 Å². The molecule has 1 fully saturated rings. The second-order valence-corrected chi connectivity index (χ2v) is 6.67. The van der Waals surface area contributed by atoms with Crippen LogP contribution in [0.1, 0.15) is 36.1 Å². The molecular formula is C14H21NO2S. The Bertz CT molecular complexity index is 445. The van der Waals surface area contributed by atoms with E-state index in [2.05, 4.69) is 31.3 Å². The van der Waals surface area contributed by atoms with Gasteiger partial charge in [-0.25, -0.2) is 0 Å². The molecule has 1 aromatic carbocycles. The standard InChI is InChI=1S/C14H21NO2S/c1-10(2)11-4-5-13(17-3)12(8-11)14-9-15-6-7-18(14)16/h4-5,8,10,14-15H,6-7,9H2,1-3H3. The van der Waals surface area contributed by atoms with Gasteiger partial charge in [-0.15, -0.1) is 0 Å². The van der Waals surface area contributed by atoms with Crippen LogP contribution in [0, 0.1) is 0 Å². The number of hydrogen-bond acceptors (Lipinski definition) is 3. The Balaban J connectivity index is 2.39. The van der Waals surface area contributed by atoms with Crippen LogP contribution in [0.4, 0.5) is 0 Å². The van der Waals surface area contributed by atoms with Crippen molar-refractivity contribution in [2.75, 3.05) is 26.0 Å². The zero-order chi connectivity index (χ0) is 13.1. The summed E-state index contributed by atoms with van der Waals surface area (Å²) in [5, 5.41) is 3.36. The fourth-order valence-corrected chi connectivity index (χ4v) is 3.66. The van der Waals surface area contributed by atoms with Crippen LogP contribution in [0.25, 0.3) is 0 Å². The monoisotopic (exact) mass is 267 g/mol. The molecule has 1 aromatic rings. The van der Waals surface area contributed by atoms with E-state index in [0.717, 1.165) is 30.2 Å². The average Bonchev–Trinajstić information content (AvgIpc) is 2.38. The predicted octanol–water partition coefficient (Wildman–Crippen LogP) is 2.21. The maximum absolute atomic E-state index is 12.2. The van der Waals surface area contributed by atoms with Gasteiger partial charge < -0.3 is 10.1 Å². The van der Waals surface area contributed by atoms with E-state index in [4.69, 9.17) is 4.74 Å². The summed E-state index contributed by atoms with van der Waals surface area (Å²) in [6.45, 7) is 5.95. The first kappa shape index (κ1) is 13.6. The van der Waals surface area contributed by atoms with Gasteiger partial charge in [-0.05, 0) is 17.5 Å². The van der Waals surface area contributed by atoms with E-state index in [1.54, 1.807) is 7.11 Å². The molecular weight excluding hydrogens is 246 g/mol. The molecule has 1 saturated heterocycles. The van der Waals surface area contributed by atoms with Gasteiger partial charge >= 0.3 is 0 Å². The summed E-state index contributed by atoms with van der Waals surface area (Å²) < 4.78 is 17.6. The summed E-state index contributed by atoms with van der Waals surface area (Å²) in [6, 6.07) is 6.24. The van der Waals surface area contributed by atoms with Crippen molar-refractivity contribution in [2.45, 2.75) is 25.0 Å². The molecule has 1 N–H and O–H groups in total. The van der Waals surface area contributed by atoms with Crippen molar-refractivity contribution in [3.63, 3.8) is 0 Å². The number of methoxy groups -OCH3 is 1. The molecule has 4 heteroatoms. The van der Waals surface area contributed by atoms with Gasteiger partial charge in [-0.1, -0.05) is 26.0 Å². The van der Waals surface area contributed by atoms with E-state index < -0.39 is 10.8 Å². The summed E-state index contributed by atoms with van der Waals surface area (Å²) in [6.07, 6.45) is 0. The molecule has 0 amide bonds. The lowest BCUT2D eigenvalue weighted by Crippen LogP contribution is -2.35. The predicted molar refractivity (Wildman–Crippen MR) is 75.7 cm³/mol. The number of rotatable bonds is 3. The van der Waals surface area contributed by atoms with Gasteiger partial charge in [0, 0.05) is 35.2 Å². The van der Waals surface area contributed by atoms with Crippen molar-refractivity contribution in [2.24, 2.45) is 0 Å². The van der Waals surface area contributed by atoms with Gasteiger partial charge in [0.15, 0.2) is 0 Å². The minimum atomic E-state index is -0.805. The molecule has 1 aliphatic rings. The van der Waals surface area contributed by atoms with Gasteiger partial charge in [0.25, 0.3) is 0 Å². The van der Waals surface area contributed by atoms with Crippen LogP contribution in [0.3, 0.4) is 0 Å². The van der Waals surface area contributed by atoms with Crippen molar-refractivity contribution in [3.8, 4) is 5.75 Å². The Kier molecular flexibility index (Phi) is 4.40. The molecule has 0 aliphatic carbocycles. The zero-order valence-corrected chi connectivity index (χ0v) is 12.0. The van der Waals surface area contributed by atoms with Gasteiger partial charge in [0.2, 0.25) is 0 Å². The van der Waals surface area contributed by atoms with Gasteiger partial charge in [0.05, 0.1) is 12.4 Å². The van der Waals surface area contributed by atoms with Crippen LogP contribution in [-0.4, -0.2) is 30.2 Å². The first-order valence-corrected chi connectivity index (χ1v) is 7.77. The lowest BCUT2D eigenvalue weighted by atomic mass is 9.98. The van der Waals surface area contributed by atoms with Gasteiger partial charge in [-0.3, -0.25) is 4.21 Å². The van der Waals surface area contributed by atoms with Gasteiger partial charge in [-0.2, -0.15) is 0 Å². The smallest absolute Gasteiger partial charge is 0.123 e. The fraction of sp³-hybridized carbons (Fsp3) is 0.571. The molecule has 1 aliphatic heterocycles. The summed E-state index contributed by atoms with van der Waals surface area (Å²) >= 11 is 0. The zero-order valence-electron chi connectivity index (χ0n) is 11.2. The number of hydrogen-bond donors (Lipinski definition) is 1. The van der Waals surface area contributed by atoms with Gasteiger partial charge in [0.1, 0.15) is 5.75 Å². The maximum atomic E-state index is 12.2. The molecule has 0 bridgehead atoms. The van der Waals surface area contributed by atoms with Crippen LogP contribution in [-0.2, 0) is 10.8 Å². The Morgan fingerprint density at radius 2 is 2.22 bits per heavy atom. The molecule has 0 spiro atoms. The lowest BCUT2D eigenvalue weighted by molar-refractivity contribution is 0.407. The third-order valence-electron chi connectivity index (χ3n) is 3.39. The van der Waals surface area contributed by atoms with Crippen molar-refractivity contribution in [3.05, 3.63) is 29.3 Å². The number of benzene rings is 1. The Morgan fingerprint density at radius 3 is 2.83 bits per heavy atom. The Hall–Kier alpha value is -0.870. The van der Waals surface area contributed by atoms with E-state index in [1.165, 1.54) is 5.56 Å². The largest absolute Gasteiger partial charge is 0.496 e. The minimum absolute atomic E-state index is 0.0485. The second-order valence-electron chi connectivity index (χ2n) is 4.93. The average molecular weight is 267 g/mol. The van der Waals surface area contributed by atoms with Crippen molar-refractivity contribution < 1.29 is 8.95 Å². The van der Waals surface area contributed by atoms with Crippen LogP contribution in [0.15, 0.2) is 18.2 Å². The molecule has 100 valence electrons. The highest BCUT2D eigenvalue weighted by Crippen LogP contribution is 2.32. The summed E-state index contributed by atoms with van der Waals surface area (Å²) in [5.41, 5.74) is 2.35. The van der Waals surface area contributed by atoms with E-state index in [1.807, 2.05) is 6.07 Å². The molecule has 0 radical (unpaired) electrons. The third-order valence-corrected chi connectivity index (χ3v) is 5.06. The van der Waals surface area contributed by atoms with E-state index in [0.29, 0.717) is 5.92 Å². The highest BCUT2D eigenvalue weighted by Gasteiger charge is 2.25. The molecule has 18 heavy (non-hydrogen) atoms. The molecule has 0 aromatic heterocycles. The fourth-order valence-electron chi connectivity index (χ4n) is 2.26. The minimum Gasteiger partial charge on any atom is -0.496 e. The van der Waals surface area contributed by atoms with E-state index >= 15 is 0 Å². The summed E-state index contributed by atoms with van der Waals surface area (Å²) in [5.74, 6) is 2.04. The Morgan fingerprint density at radius 1 is 1.44 bits per heavy atom. The van der Waals surface area contributed by atoms with Crippen LogP contribution < -0.4 is 10.1 Å². The molecule has 0 saturated carbocycles. The van der Waals surface area contributed by atoms with Crippen molar-refractivity contribution in [1.82, 2.24) is 5.32 Å². The van der Waals surface area contributed by atoms with E-state index in [-0.39, 0.29) is 5.25 Å². The van der Waals surface area contributed by atoms with Crippen molar-refractivity contribution in [1.29, 1.82) is 0 Å². The lowest BCUT2D eigenvalue weighted by Gasteiger charge is -2.25.